The van der Waals surface area contributed by atoms with E-state index in [-0.39, 0.29) is 5.84 Å². The minimum Gasteiger partial charge on any atom is -0.409 e. The van der Waals surface area contributed by atoms with Gasteiger partial charge in [0, 0.05) is 5.69 Å². The summed E-state index contributed by atoms with van der Waals surface area (Å²) in [4.78, 5) is 8.97. The van der Waals surface area contributed by atoms with Crippen molar-refractivity contribution in [2.75, 3.05) is 0 Å². The summed E-state index contributed by atoms with van der Waals surface area (Å²) >= 11 is 2.73. The molecule has 0 bridgehead atoms. The summed E-state index contributed by atoms with van der Waals surface area (Å²) < 4.78 is 4.96. The van der Waals surface area contributed by atoms with Crippen molar-refractivity contribution in [2.45, 2.75) is 35.6 Å². The Morgan fingerprint density at radius 3 is 3.00 bits per heavy atom. The van der Waals surface area contributed by atoms with Crippen LogP contribution >= 0.6 is 23.3 Å². The van der Waals surface area contributed by atoms with Crippen LogP contribution in [0.25, 0.3) is 0 Å². The van der Waals surface area contributed by atoms with Gasteiger partial charge in [-0.2, -0.15) is 4.37 Å². The Bertz CT molecular complexity index is 682. The zero-order chi connectivity index (χ0) is 14.1. The molecule has 8 heteroatoms. The van der Waals surface area contributed by atoms with Crippen molar-refractivity contribution in [3.8, 4) is 0 Å². The summed E-state index contributed by atoms with van der Waals surface area (Å²) in [5, 5.41) is 12.8. The fourth-order valence-corrected chi connectivity index (χ4v) is 3.86. The molecule has 2 heterocycles. The van der Waals surface area contributed by atoms with E-state index >= 15 is 0 Å². The number of fused-ring (bicyclic) bond motifs is 1. The van der Waals surface area contributed by atoms with Gasteiger partial charge in [0.25, 0.3) is 0 Å². The van der Waals surface area contributed by atoms with Gasteiger partial charge in [0.1, 0.15) is 10.9 Å². The normalized spacial score (nSPS) is 14.6. The van der Waals surface area contributed by atoms with Gasteiger partial charge in [0.2, 0.25) is 0 Å². The molecule has 6 nitrogen and oxygen atoms in total. The molecule has 3 rings (SSSR count). The first-order valence-electron chi connectivity index (χ1n) is 6.16. The van der Waals surface area contributed by atoms with Gasteiger partial charge in [-0.1, -0.05) is 5.16 Å². The van der Waals surface area contributed by atoms with Gasteiger partial charge in [0.05, 0.1) is 5.56 Å². The van der Waals surface area contributed by atoms with Crippen LogP contribution in [0, 0.1) is 6.92 Å². The van der Waals surface area contributed by atoms with Crippen LogP contribution in [-0.2, 0) is 12.8 Å². The van der Waals surface area contributed by atoms with Gasteiger partial charge in [-0.15, -0.1) is 0 Å². The second kappa shape index (κ2) is 5.37. The van der Waals surface area contributed by atoms with Crippen molar-refractivity contribution >= 4 is 29.1 Å². The molecule has 1 aliphatic rings. The Kier molecular flexibility index (Phi) is 3.58. The number of hydrogen-bond acceptors (Lipinski definition) is 7. The highest BCUT2D eigenvalue weighted by molar-refractivity contribution is 8.01. The maximum absolute atomic E-state index is 8.93. The van der Waals surface area contributed by atoms with Crippen molar-refractivity contribution in [3.05, 3.63) is 28.7 Å². The molecular formula is C12H13N5OS2. The highest BCUT2D eigenvalue weighted by Gasteiger charge is 2.20. The molecule has 0 radical (unpaired) electrons. The second-order valence-electron chi connectivity index (χ2n) is 4.50. The number of amidine groups is 1. The van der Waals surface area contributed by atoms with E-state index in [1.165, 1.54) is 28.9 Å². The Morgan fingerprint density at radius 2 is 2.30 bits per heavy atom. The number of aryl methyl sites for hydroxylation is 3. The van der Waals surface area contributed by atoms with E-state index < -0.39 is 0 Å². The van der Waals surface area contributed by atoms with E-state index in [0.717, 1.165) is 40.1 Å². The average Bonchev–Trinajstić information content (AvgIpc) is 3.05. The standard InChI is InChI=1S/C12H13N5OS2/c1-6-14-12(20-17-6)19-11-8(10(13)16-18)5-7-3-2-4-9(7)15-11/h5,18H,2-4H2,1H3,(H2,13,16). The van der Waals surface area contributed by atoms with E-state index in [1.54, 1.807) is 0 Å². The molecule has 20 heavy (non-hydrogen) atoms. The number of aromatic nitrogens is 3. The zero-order valence-corrected chi connectivity index (χ0v) is 12.5. The number of nitrogens with zero attached hydrogens (tertiary/aromatic N) is 4. The summed E-state index contributed by atoms with van der Waals surface area (Å²) in [6.07, 6.45) is 3.08. The summed E-state index contributed by atoms with van der Waals surface area (Å²) in [6.45, 7) is 1.85. The lowest BCUT2D eigenvalue weighted by molar-refractivity contribution is 0.318. The van der Waals surface area contributed by atoms with Crippen molar-refractivity contribution in [1.29, 1.82) is 0 Å². The molecule has 0 atom stereocenters. The Hall–Kier alpha value is -1.67. The van der Waals surface area contributed by atoms with Crippen LogP contribution in [0.5, 0.6) is 0 Å². The summed E-state index contributed by atoms with van der Waals surface area (Å²) in [6, 6.07) is 1.97. The third-order valence-corrected chi connectivity index (χ3v) is 4.94. The number of pyridine rings is 1. The van der Waals surface area contributed by atoms with Crippen LogP contribution in [0.4, 0.5) is 0 Å². The maximum atomic E-state index is 8.93. The van der Waals surface area contributed by atoms with E-state index in [1.807, 2.05) is 13.0 Å². The molecule has 0 aromatic carbocycles. The quantitative estimate of drug-likeness (QED) is 0.389. The molecule has 0 unspecified atom stereocenters. The third kappa shape index (κ3) is 2.48. The first-order valence-corrected chi connectivity index (χ1v) is 7.75. The Balaban J connectivity index is 2.03. The summed E-state index contributed by atoms with van der Waals surface area (Å²) in [5.41, 5.74) is 8.71. The topological polar surface area (TPSA) is 97.3 Å². The summed E-state index contributed by atoms with van der Waals surface area (Å²) in [5.74, 6) is 0.819. The summed E-state index contributed by atoms with van der Waals surface area (Å²) in [7, 11) is 0. The number of hydrogen-bond donors (Lipinski definition) is 2. The van der Waals surface area contributed by atoms with Gasteiger partial charge >= 0.3 is 0 Å². The molecule has 2 aromatic heterocycles. The zero-order valence-electron chi connectivity index (χ0n) is 10.8. The number of oxime groups is 1. The highest BCUT2D eigenvalue weighted by atomic mass is 32.2. The predicted molar refractivity (Wildman–Crippen MR) is 77.5 cm³/mol. The molecule has 2 aromatic rings. The average molecular weight is 307 g/mol. The van der Waals surface area contributed by atoms with E-state index in [4.69, 9.17) is 10.9 Å². The molecule has 0 spiro atoms. The van der Waals surface area contributed by atoms with Gasteiger partial charge in [-0.25, -0.2) is 9.97 Å². The molecule has 0 fully saturated rings. The van der Waals surface area contributed by atoms with Crippen LogP contribution in [0.1, 0.15) is 29.1 Å². The molecule has 104 valence electrons. The fourth-order valence-electron chi connectivity index (χ4n) is 2.17. The minimum absolute atomic E-state index is 0.0796. The van der Waals surface area contributed by atoms with Gasteiger partial charge in [-0.3, -0.25) is 0 Å². The van der Waals surface area contributed by atoms with Crippen LogP contribution in [0.15, 0.2) is 20.6 Å². The first kappa shape index (κ1) is 13.3. The lowest BCUT2D eigenvalue weighted by Crippen LogP contribution is -2.16. The van der Waals surface area contributed by atoms with Crippen molar-refractivity contribution in [2.24, 2.45) is 10.9 Å². The van der Waals surface area contributed by atoms with Crippen LogP contribution in [0.3, 0.4) is 0 Å². The van der Waals surface area contributed by atoms with Crippen LogP contribution < -0.4 is 5.73 Å². The SMILES string of the molecule is Cc1nsc(Sc2nc3c(cc2C(N)=NO)CCC3)n1. The molecule has 0 aliphatic heterocycles. The third-order valence-electron chi connectivity index (χ3n) is 3.09. The van der Waals surface area contributed by atoms with Gasteiger partial charge in [0.15, 0.2) is 10.2 Å². The van der Waals surface area contributed by atoms with Crippen molar-refractivity contribution in [1.82, 2.24) is 14.3 Å². The molecule has 3 N–H and O–H groups in total. The predicted octanol–water partition coefficient (Wildman–Crippen LogP) is 1.98. The van der Waals surface area contributed by atoms with Gasteiger partial charge < -0.3 is 10.9 Å². The lowest BCUT2D eigenvalue weighted by Gasteiger charge is -2.08. The monoisotopic (exact) mass is 307 g/mol. The van der Waals surface area contributed by atoms with Crippen LogP contribution in [-0.4, -0.2) is 25.4 Å². The second-order valence-corrected chi connectivity index (χ2v) is 6.48. The molecule has 0 amide bonds. The lowest BCUT2D eigenvalue weighted by atomic mass is 10.1. The first-order chi connectivity index (χ1) is 9.67. The smallest absolute Gasteiger partial charge is 0.176 e. The molecule has 0 saturated heterocycles. The van der Waals surface area contributed by atoms with Gasteiger partial charge in [-0.05, 0) is 61.1 Å². The number of nitrogens with two attached hydrogens (primary N) is 1. The van der Waals surface area contributed by atoms with E-state index in [0.29, 0.717) is 5.56 Å². The van der Waals surface area contributed by atoms with Crippen molar-refractivity contribution in [3.63, 3.8) is 0 Å². The maximum Gasteiger partial charge on any atom is 0.176 e. The van der Waals surface area contributed by atoms with E-state index in [2.05, 4.69) is 19.5 Å². The number of rotatable bonds is 3. The highest BCUT2D eigenvalue weighted by Crippen LogP contribution is 2.33. The molecule has 1 aliphatic carbocycles. The molecule has 0 saturated carbocycles. The van der Waals surface area contributed by atoms with Crippen molar-refractivity contribution < 1.29 is 5.21 Å². The van der Waals surface area contributed by atoms with Crippen LogP contribution in [0.2, 0.25) is 0 Å². The van der Waals surface area contributed by atoms with E-state index in [9.17, 15) is 0 Å². The minimum atomic E-state index is 0.0796. The Labute approximate surface area is 124 Å². The Morgan fingerprint density at radius 1 is 1.45 bits per heavy atom. The fraction of sp³-hybridized carbons (Fsp3) is 0.333. The largest absolute Gasteiger partial charge is 0.409 e. The molecular weight excluding hydrogens is 294 g/mol.